The maximum atomic E-state index is 5.89. The Balaban J connectivity index is 2.00. The number of nitrogens with zero attached hydrogens (tertiary/aromatic N) is 2. The van der Waals surface area contributed by atoms with Crippen LogP contribution in [-0.2, 0) is 6.54 Å². The highest BCUT2D eigenvalue weighted by Gasteiger charge is 2.21. The van der Waals surface area contributed by atoms with Gasteiger partial charge in [-0.3, -0.25) is 9.88 Å². The van der Waals surface area contributed by atoms with Gasteiger partial charge in [-0.1, -0.05) is 12.5 Å². The minimum atomic E-state index is 0.668. The lowest BCUT2D eigenvalue weighted by Gasteiger charge is -2.35. The van der Waals surface area contributed by atoms with Gasteiger partial charge < -0.3 is 0 Å². The average Bonchev–Trinajstić information content (AvgIpc) is 2.32. The summed E-state index contributed by atoms with van der Waals surface area (Å²) in [6, 6.07) is 2.90. The van der Waals surface area contributed by atoms with Gasteiger partial charge in [0, 0.05) is 30.9 Å². The summed E-state index contributed by atoms with van der Waals surface area (Å²) in [5.41, 5.74) is 2.57. The number of aromatic nitrogens is 1. The fourth-order valence-corrected chi connectivity index (χ4v) is 2.91. The van der Waals surface area contributed by atoms with Crippen molar-refractivity contribution < 1.29 is 0 Å². The molecule has 0 amide bonds. The monoisotopic (exact) mass is 252 g/mol. The largest absolute Gasteiger partial charge is 0.296 e. The van der Waals surface area contributed by atoms with E-state index in [1.165, 1.54) is 36.9 Å². The van der Waals surface area contributed by atoms with Crippen LogP contribution in [0.25, 0.3) is 0 Å². The highest BCUT2D eigenvalue weighted by atomic mass is 35.5. The molecule has 0 aromatic carbocycles. The Morgan fingerprint density at radius 1 is 1.41 bits per heavy atom. The first kappa shape index (κ1) is 12.8. The number of aryl methyl sites for hydroxylation is 1. The van der Waals surface area contributed by atoms with Crippen molar-refractivity contribution in [2.75, 3.05) is 12.4 Å². The zero-order chi connectivity index (χ0) is 12.1. The van der Waals surface area contributed by atoms with Gasteiger partial charge in [-0.25, -0.2) is 0 Å². The first-order valence-electron chi connectivity index (χ1n) is 6.50. The first-order valence-corrected chi connectivity index (χ1v) is 7.03. The van der Waals surface area contributed by atoms with Crippen molar-refractivity contribution in [3.8, 4) is 0 Å². The molecule has 0 N–H and O–H groups in total. The Morgan fingerprint density at radius 3 is 3.06 bits per heavy atom. The number of rotatable bonds is 4. The van der Waals surface area contributed by atoms with Crippen LogP contribution in [0.15, 0.2) is 18.5 Å². The zero-order valence-corrected chi connectivity index (χ0v) is 11.3. The Morgan fingerprint density at radius 2 is 2.29 bits per heavy atom. The van der Waals surface area contributed by atoms with Gasteiger partial charge in [-0.2, -0.15) is 0 Å². The maximum Gasteiger partial charge on any atom is 0.0313 e. The fourth-order valence-electron chi connectivity index (χ4n) is 2.66. The van der Waals surface area contributed by atoms with Gasteiger partial charge in [0.25, 0.3) is 0 Å². The summed E-state index contributed by atoms with van der Waals surface area (Å²) in [5, 5.41) is 0. The molecule has 1 aromatic rings. The molecule has 0 bridgehead atoms. The molecule has 1 fully saturated rings. The van der Waals surface area contributed by atoms with E-state index in [4.69, 9.17) is 11.6 Å². The normalized spacial score (nSPS) is 21.6. The van der Waals surface area contributed by atoms with Gasteiger partial charge >= 0.3 is 0 Å². The van der Waals surface area contributed by atoms with Gasteiger partial charge in [0.1, 0.15) is 0 Å². The number of pyridine rings is 1. The topological polar surface area (TPSA) is 16.1 Å². The van der Waals surface area contributed by atoms with Crippen LogP contribution in [0.2, 0.25) is 0 Å². The molecular weight excluding hydrogens is 232 g/mol. The third kappa shape index (κ3) is 3.68. The molecule has 0 spiro atoms. The second-order valence-corrected chi connectivity index (χ2v) is 5.35. The summed E-state index contributed by atoms with van der Waals surface area (Å²) in [4.78, 5) is 6.84. The van der Waals surface area contributed by atoms with E-state index in [0.717, 1.165) is 18.8 Å². The van der Waals surface area contributed by atoms with E-state index in [1.54, 1.807) is 0 Å². The second-order valence-electron chi connectivity index (χ2n) is 4.97. The molecule has 1 aliphatic heterocycles. The summed E-state index contributed by atoms with van der Waals surface area (Å²) >= 11 is 5.89. The highest BCUT2D eigenvalue weighted by Crippen LogP contribution is 2.22. The number of piperidine rings is 1. The number of halogens is 1. The summed E-state index contributed by atoms with van der Waals surface area (Å²) in [5.74, 6) is 0.771. The molecule has 94 valence electrons. The summed E-state index contributed by atoms with van der Waals surface area (Å²) in [6.45, 7) is 4.33. The lowest BCUT2D eigenvalue weighted by atomic mass is 9.99. The number of hydrogen-bond donors (Lipinski definition) is 0. The van der Waals surface area contributed by atoms with Crippen LogP contribution in [0.3, 0.4) is 0 Å². The molecule has 1 saturated heterocycles. The van der Waals surface area contributed by atoms with Gasteiger partial charge in [-0.15, -0.1) is 11.6 Å². The van der Waals surface area contributed by atoms with E-state index in [1.807, 2.05) is 12.4 Å². The van der Waals surface area contributed by atoms with Crippen LogP contribution in [0.1, 0.15) is 36.8 Å². The second kappa shape index (κ2) is 6.36. The molecule has 0 aliphatic carbocycles. The van der Waals surface area contributed by atoms with E-state index < -0.39 is 0 Å². The lowest BCUT2D eigenvalue weighted by Crippen LogP contribution is -2.39. The van der Waals surface area contributed by atoms with Crippen molar-refractivity contribution in [1.82, 2.24) is 9.88 Å². The Hall–Kier alpha value is -0.600. The Kier molecular flexibility index (Phi) is 4.81. The maximum absolute atomic E-state index is 5.89. The third-order valence-electron chi connectivity index (χ3n) is 3.51. The van der Waals surface area contributed by atoms with E-state index in [2.05, 4.69) is 22.9 Å². The van der Waals surface area contributed by atoms with Crippen molar-refractivity contribution in [3.63, 3.8) is 0 Å². The Labute approximate surface area is 109 Å². The SMILES string of the molecule is Cc1cncc(CN2CCCCC2CCCl)c1. The molecular formula is C14H21ClN2. The summed E-state index contributed by atoms with van der Waals surface area (Å²) < 4.78 is 0. The number of hydrogen-bond acceptors (Lipinski definition) is 2. The van der Waals surface area contributed by atoms with Crippen molar-refractivity contribution in [2.24, 2.45) is 0 Å². The molecule has 2 nitrogen and oxygen atoms in total. The van der Waals surface area contributed by atoms with Crippen LogP contribution in [-0.4, -0.2) is 28.4 Å². The fraction of sp³-hybridized carbons (Fsp3) is 0.643. The van der Waals surface area contributed by atoms with Gasteiger partial charge in [-0.05, 0) is 43.9 Å². The molecule has 1 aliphatic rings. The quantitative estimate of drug-likeness (QED) is 0.764. The van der Waals surface area contributed by atoms with E-state index in [-0.39, 0.29) is 0 Å². The van der Waals surface area contributed by atoms with Gasteiger partial charge in [0.15, 0.2) is 0 Å². The molecule has 17 heavy (non-hydrogen) atoms. The predicted molar refractivity (Wildman–Crippen MR) is 72.4 cm³/mol. The number of likely N-dealkylation sites (tertiary alicyclic amines) is 1. The standard InChI is InChI=1S/C14H21ClN2/c1-12-8-13(10-16-9-12)11-17-7-3-2-4-14(17)5-6-15/h8-10,14H,2-7,11H2,1H3. The van der Waals surface area contributed by atoms with Crippen molar-refractivity contribution >= 4 is 11.6 Å². The first-order chi connectivity index (χ1) is 8.29. The van der Waals surface area contributed by atoms with Crippen LogP contribution in [0.5, 0.6) is 0 Å². The minimum absolute atomic E-state index is 0.668. The van der Waals surface area contributed by atoms with Gasteiger partial charge in [0.05, 0.1) is 0 Å². The molecule has 1 atom stereocenters. The molecule has 1 unspecified atom stereocenters. The van der Waals surface area contributed by atoms with Crippen LogP contribution < -0.4 is 0 Å². The van der Waals surface area contributed by atoms with E-state index >= 15 is 0 Å². The van der Waals surface area contributed by atoms with Crippen molar-refractivity contribution in [1.29, 1.82) is 0 Å². The molecule has 0 saturated carbocycles. The summed E-state index contributed by atoms with van der Waals surface area (Å²) in [6.07, 6.45) is 8.98. The third-order valence-corrected chi connectivity index (χ3v) is 3.73. The van der Waals surface area contributed by atoms with Crippen molar-refractivity contribution in [2.45, 2.75) is 45.2 Å². The van der Waals surface area contributed by atoms with Gasteiger partial charge in [0.2, 0.25) is 0 Å². The average molecular weight is 253 g/mol. The van der Waals surface area contributed by atoms with E-state index in [0.29, 0.717) is 6.04 Å². The minimum Gasteiger partial charge on any atom is -0.296 e. The molecule has 2 heterocycles. The predicted octanol–water partition coefficient (Wildman–Crippen LogP) is 3.37. The zero-order valence-electron chi connectivity index (χ0n) is 10.5. The molecule has 2 rings (SSSR count). The molecule has 1 aromatic heterocycles. The molecule has 3 heteroatoms. The summed E-state index contributed by atoms with van der Waals surface area (Å²) in [7, 11) is 0. The van der Waals surface area contributed by atoms with Crippen LogP contribution in [0.4, 0.5) is 0 Å². The van der Waals surface area contributed by atoms with Crippen LogP contribution >= 0.6 is 11.6 Å². The Bertz CT molecular complexity index is 352. The van der Waals surface area contributed by atoms with Crippen molar-refractivity contribution in [3.05, 3.63) is 29.6 Å². The highest BCUT2D eigenvalue weighted by molar-refractivity contribution is 6.17. The smallest absolute Gasteiger partial charge is 0.0313 e. The molecule has 0 radical (unpaired) electrons. The van der Waals surface area contributed by atoms with Crippen LogP contribution in [0, 0.1) is 6.92 Å². The lowest BCUT2D eigenvalue weighted by molar-refractivity contribution is 0.136. The number of alkyl halides is 1. The van der Waals surface area contributed by atoms with E-state index in [9.17, 15) is 0 Å².